The Kier molecular flexibility index (Phi) is 5.10. The number of aryl methyl sites for hydroxylation is 2. The molecule has 3 aromatic rings. The van der Waals surface area contributed by atoms with Crippen molar-refractivity contribution in [1.82, 2.24) is 4.57 Å². The van der Waals surface area contributed by atoms with Crippen LogP contribution in [-0.4, -0.2) is 10.5 Å². The van der Waals surface area contributed by atoms with E-state index >= 15 is 0 Å². The van der Waals surface area contributed by atoms with Gasteiger partial charge in [-0.15, -0.1) is 6.58 Å². The SMILES string of the molecule is C=CCn1c(=NC(=O)/C=C/c2ccccc2)sc2cc(C)cc(C)c21. The molecule has 0 unspecified atom stereocenters. The predicted molar refractivity (Wildman–Crippen MR) is 106 cm³/mol. The number of benzene rings is 2. The fourth-order valence-corrected chi connectivity index (χ4v) is 4.06. The van der Waals surface area contributed by atoms with Gasteiger partial charge >= 0.3 is 0 Å². The zero-order valence-electron chi connectivity index (χ0n) is 14.4. The number of allylic oxidation sites excluding steroid dienone is 1. The van der Waals surface area contributed by atoms with Crippen LogP contribution in [-0.2, 0) is 11.3 Å². The van der Waals surface area contributed by atoms with E-state index in [0.29, 0.717) is 11.3 Å². The van der Waals surface area contributed by atoms with Gasteiger partial charge in [0.25, 0.3) is 5.91 Å². The summed E-state index contributed by atoms with van der Waals surface area (Å²) < 4.78 is 3.19. The van der Waals surface area contributed by atoms with Crippen LogP contribution in [0.2, 0.25) is 0 Å². The first-order valence-electron chi connectivity index (χ1n) is 8.12. The normalized spacial score (nSPS) is 12.2. The Hall–Kier alpha value is -2.72. The summed E-state index contributed by atoms with van der Waals surface area (Å²) in [5.74, 6) is -0.261. The number of hydrogen-bond acceptors (Lipinski definition) is 2. The second-order valence-electron chi connectivity index (χ2n) is 5.91. The van der Waals surface area contributed by atoms with Crippen LogP contribution in [0.25, 0.3) is 16.3 Å². The van der Waals surface area contributed by atoms with E-state index in [1.807, 2.05) is 36.4 Å². The van der Waals surface area contributed by atoms with E-state index < -0.39 is 0 Å². The van der Waals surface area contributed by atoms with Gasteiger partial charge in [-0.3, -0.25) is 4.79 Å². The lowest BCUT2D eigenvalue weighted by Crippen LogP contribution is -2.16. The Bertz CT molecular complexity index is 1020. The van der Waals surface area contributed by atoms with E-state index in [0.717, 1.165) is 15.8 Å². The Morgan fingerprint density at radius 2 is 2.00 bits per heavy atom. The molecule has 0 spiro atoms. The fraction of sp³-hybridized carbons (Fsp3) is 0.143. The summed E-state index contributed by atoms with van der Waals surface area (Å²) in [6.07, 6.45) is 5.12. The van der Waals surface area contributed by atoms with Crippen LogP contribution in [0.15, 0.2) is 66.2 Å². The lowest BCUT2D eigenvalue weighted by atomic mass is 10.1. The molecule has 126 valence electrons. The standard InChI is InChI=1S/C21H20N2OS/c1-4-12-23-20-16(3)13-15(2)14-18(20)25-21(23)22-19(24)11-10-17-8-6-5-7-9-17/h4-11,13-14H,1,12H2,2-3H3/b11-10+,22-21?. The van der Waals surface area contributed by atoms with E-state index in [-0.39, 0.29) is 5.91 Å². The zero-order valence-corrected chi connectivity index (χ0v) is 15.2. The molecule has 0 bridgehead atoms. The first-order valence-corrected chi connectivity index (χ1v) is 8.93. The minimum absolute atomic E-state index is 0.261. The summed E-state index contributed by atoms with van der Waals surface area (Å²) in [4.78, 5) is 17.3. The highest BCUT2D eigenvalue weighted by Gasteiger charge is 2.09. The van der Waals surface area contributed by atoms with Crippen LogP contribution < -0.4 is 4.80 Å². The third-order valence-electron chi connectivity index (χ3n) is 3.85. The average Bonchev–Trinajstić information content (AvgIpc) is 2.91. The van der Waals surface area contributed by atoms with E-state index in [1.54, 1.807) is 6.08 Å². The summed E-state index contributed by atoms with van der Waals surface area (Å²) in [7, 11) is 0. The molecule has 4 heteroatoms. The van der Waals surface area contributed by atoms with Gasteiger partial charge < -0.3 is 4.57 Å². The van der Waals surface area contributed by atoms with Crippen molar-refractivity contribution in [2.45, 2.75) is 20.4 Å². The van der Waals surface area contributed by atoms with E-state index in [9.17, 15) is 4.79 Å². The number of thiazole rings is 1. The van der Waals surface area contributed by atoms with Crippen molar-refractivity contribution in [3.05, 3.63) is 82.7 Å². The summed E-state index contributed by atoms with van der Waals surface area (Å²) in [5, 5.41) is 0. The average molecular weight is 348 g/mol. The van der Waals surface area contributed by atoms with Crippen LogP contribution >= 0.6 is 11.3 Å². The Morgan fingerprint density at radius 3 is 2.72 bits per heavy atom. The van der Waals surface area contributed by atoms with Crippen LogP contribution in [0, 0.1) is 13.8 Å². The molecule has 0 saturated carbocycles. The number of hydrogen-bond donors (Lipinski definition) is 0. The fourth-order valence-electron chi connectivity index (χ4n) is 2.84. The zero-order chi connectivity index (χ0) is 17.8. The molecule has 1 heterocycles. The molecular weight excluding hydrogens is 328 g/mol. The van der Waals surface area contributed by atoms with Crippen LogP contribution in [0.5, 0.6) is 0 Å². The molecule has 2 aromatic carbocycles. The van der Waals surface area contributed by atoms with Gasteiger partial charge in [-0.1, -0.05) is 53.8 Å². The number of nitrogens with zero attached hydrogens (tertiary/aromatic N) is 2. The minimum Gasteiger partial charge on any atom is -0.312 e. The second kappa shape index (κ2) is 7.45. The summed E-state index contributed by atoms with van der Waals surface area (Å²) >= 11 is 1.54. The Balaban J connectivity index is 2.04. The molecule has 0 aliphatic carbocycles. The Labute approximate surface area is 151 Å². The van der Waals surface area contributed by atoms with Crippen molar-refractivity contribution in [3.8, 4) is 0 Å². The first-order chi connectivity index (χ1) is 12.1. The predicted octanol–water partition coefficient (Wildman–Crippen LogP) is 4.65. The summed E-state index contributed by atoms with van der Waals surface area (Å²) in [6.45, 7) is 8.62. The number of carbonyl (C=O) groups excluding carboxylic acids is 1. The monoisotopic (exact) mass is 348 g/mol. The molecule has 0 N–H and O–H groups in total. The molecule has 1 amide bonds. The van der Waals surface area contributed by atoms with Crippen molar-refractivity contribution in [2.24, 2.45) is 4.99 Å². The minimum atomic E-state index is -0.261. The number of fused-ring (bicyclic) bond motifs is 1. The van der Waals surface area contributed by atoms with Gasteiger partial charge in [-0.25, -0.2) is 0 Å². The summed E-state index contributed by atoms with van der Waals surface area (Å²) in [5.41, 5.74) is 4.49. The van der Waals surface area contributed by atoms with Crippen LogP contribution in [0.3, 0.4) is 0 Å². The third kappa shape index (κ3) is 3.86. The summed E-state index contributed by atoms with van der Waals surface area (Å²) in [6, 6.07) is 14.0. The van der Waals surface area contributed by atoms with Crippen molar-refractivity contribution in [3.63, 3.8) is 0 Å². The van der Waals surface area contributed by atoms with Crippen LogP contribution in [0.4, 0.5) is 0 Å². The van der Waals surface area contributed by atoms with Gasteiger partial charge in [-0.2, -0.15) is 4.99 Å². The van der Waals surface area contributed by atoms with Crippen molar-refractivity contribution in [1.29, 1.82) is 0 Å². The number of aromatic nitrogens is 1. The Morgan fingerprint density at radius 1 is 1.24 bits per heavy atom. The molecule has 0 aliphatic heterocycles. The van der Waals surface area contributed by atoms with E-state index in [4.69, 9.17) is 0 Å². The van der Waals surface area contributed by atoms with Gasteiger partial charge in [0.15, 0.2) is 4.80 Å². The van der Waals surface area contributed by atoms with Gasteiger partial charge in [0, 0.05) is 12.6 Å². The largest absolute Gasteiger partial charge is 0.312 e. The third-order valence-corrected chi connectivity index (χ3v) is 4.87. The lowest BCUT2D eigenvalue weighted by molar-refractivity contribution is -0.113. The highest BCUT2D eigenvalue weighted by Crippen LogP contribution is 2.23. The molecule has 0 saturated heterocycles. The maximum Gasteiger partial charge on any atom is 0.272 e. The molecule has 25 heavy (non-hydrogen) atoms. The highest BCUT2D eigenvalue weighted by atomic mass is 32.1. The molecule has 1 aromatic heterocycles. The van der Waals surface area contributed by atoms with Gasteiger partial charge in [0.2, 0.25) is 0 Å². The topological polar surface area (TPSA) is 34.4 Å². The van der Waals surface area contributed by atoms with Crippen molar-refractivity contribution in [2.75, 3.05) is 0 Å². The molecule has 0 fully saturated rings. The first kappa shape index (κ1) is 17.1. The van der Waals surface area contributed by atoms with Crippen molar-refractivity contribution >= 4 is 33.5 Å². The van der Waals surface area contributed by atoms with E-state index in [1.165, 1.54) is 28.5 Å². The van der Waals surface area contributed by atoms with E-state index in [2.05, 4.69) is 42.1 Å². The highest BCUT2D eigenvalue weighted by molar-refractivity contribution is 7.16. The maximum absolute atomic E-state index is 12.3. The number of carbonyl (C=O) groups is 1. The molecule has 3 nitrogen and oxygen atoms in total. The number of rotatable bonds is 4. The second-order valence-corrected chi connectivity index (χ2v) is 6.92. The molecular formula is C21H20N2OS. The maximum atomic E-state index is 12.3. The van der Waals surface area contributed by atoms with Crippen LogP contribution in [0.1, 0.15) is 16.7 Å². The smallest absolute Gasteiger partial charge is 0.272 e. The lowest BCUT2D eigenvalue weighted by Gasteiger charge is -2.04. The van der Waals surface area contributed by atoms with Crippen molar-refractivity contribution < 1.29 is 4.79 Å². The molecule has 3 rings (SSSR count). The molecule has 0 atom stereocenters. The molecule has 0 aliphatic rings. The van der Waals surface area contributed by atoms with Gasteiger partial charge in [0.05, 0.1) is 10.2 Å². The molecule has 0 radical (unpaired) electrons. The number of amides is 1. The van der Waals surface area contributed by atoms with Gasteiger partial charge in [-0.05, 0) is 42.7 Å². The van der Waals surface area contributed by atoms with Gasteiger partial charge in [0.1, 0.15) is 0 Å². The quantitative estimate of drug-likeness (QED) is 0.499.